The van der Waals surface area contributed by atoms with Crippen LogP contribution in [0.3, 0.4) is 0 Å². The third-order valence-corrected chi connectivity index (χ3v) is 4.05. The molecule has 1 aromatic carbocycles. The van der Waals surface area contributed by atoms with Crippen molar-refractivity contribution >= 4 is 23.4 Å². The highest BCUT2D eigenvalue weighted by atomic mass is 35.5. The van der Waals surface area contributed by atoms with Crippen molar-refractivity contribution in [3.63, 3.8) is 0 Å². The van der Waals surface area contributed by atoms with Crippen LogP contribution in [-0.2, 0) is 0 Å². The maximum absolute atomic E-state index is 5.91. The summed E-state index contributed by atoms with van der Waals surface area (Å²) in [5, 5.41) is 4.44. The van der Waals surface area contributed by atoms with Gasteiger partial charge in [0.1, 0.15) is 0 Å². The summed E-state index contributed by atoms with van der Waals surface area (Å²) in [4.78, 5) is 0. The van der Waals surface area contributed by atoms with E-state index in [1.807, 2.05) is 23.9 Å². The molecule has 18 heavy (non-hydrogen) atoms. The normalized spacial score (nSPS) is 12.6. The summed E-state index contributed by atoms with van der Waals surface area (Å²) in [6, 6.07) is 8.65. The lowest BCUT2D eigenvalue weighted by Crippen LogP contribution is -2.21. The van der Waals surface area contributed by atoms with Crippen LogP contribution in [0.2, 0.25) is 5.02 Å². The maximum Gasteiger partial charge on any atom is 0.0406 e. The second kappa shape index (κ2) is 9.71. The van der Waals surface area contributed by atoms with Crippen LogP contribution < -0.4 is 5.32 Å². The van der Waals surface area contributed by atoms with Crippen LogP contribution in [0.5, 0.6) is 0 Å². The van der Waals surface area contributed by atoms with Gasteiger partial charge in [0.25, 0.3) is 0 Å². The molecular weight excluding hydrogens is 262 g/mol. The molecule has 102 valence electrons. The Labute approximate surface area is 121 Å². The number of unbranched alkanes of at least 4 members (excludes halogenated alkanes) is 2. The van der Waals surface area contributed by atoms with Crippen LogP contribution >= 0.6 is 23.4 Å². The van der Waals surface area contributed by atoms with Gasteiger partial charge in [-0.25, -0.2) is 0 Å². The molecule has 0 aromatic heterocycles. The largest absolute Gasteiger partial charge is 0.310 e. The van der Waals surface area contributed by atoms with Crippen LogP contribution in [0.15, 0.2) is 24.3 Å². The molecule has 0 amide bonds. The van der Waals surface area contributed by atoms with Gasteiger partial charge in [0.15, 0.2) is 0 Å². The fraction of sp³-hybridized carbons (Fsp3) is 0.600. The third-order valence-electron chi connectivity index (χ3n) is 3.10. The molecule has 1 unspecified atom stereocenters. The van der Waals surface area contributed by atoms with Crippen LogP contribution in [0.25, 0.3) is 0 Å². The number of thioether (sulfide) groups is 1. The molecule has 0 fully saturated rings. The number of hydrogen-bond acceptors (Lipinski definition) is 2. The summed E-state index contributed by atoms with van der Waals surface area (Å²) < 4.78 is 0. The lowest BCUT2D eigenvalue weighted by atomic mass is 10.0. The summed E-state index contributed by atoms with van der Waals surface area (Å²) in [5.74, 6) is 1.29. The molecular formula is C15H24ClNS. The smallest absolute Gasteiger partial charge is 0.0406 e. The minimum Gasteiger partial charge on any atom is -0.310 e. The van der Waals surface area contributed by atoms with E-state index in [0.29, 0.717) is 6.04 Å². The summed E-state index contributed by atoms with van der Waals surface area (Å²) in [5.41, 5.74) is 1.34. The van der Waals surface area contributed by atoms with E-state index >= 15 is 0 Å². The zero-order valence-corrected chi connectivity index (χ0v) is 13.0. The van der Waals surface area contributed by atoms with Crippen LogP contribution in [0.1, 0.15) is 44.2 Å². The lowest BCUT2D eigenvalue weighted by molar-refractivity contribution is 0.502. The summed E-state index contributed by atoms with van der Waals surface area (Å²) in [7, 11) is 0. The predicted octanol–water partition coefficient (Wildman–Crippen LogP) is 4.91. The number of rotatable bonds is 9. The van der Waals surface area contributed by atoms with E-state index in [1.165, 1.54) is 30.6 Å². The van der Waals surface area contributed by atoms with Gasteiger partial charge in [-0.15, -0.1) is 0 Å². The SMILES string of the molecule is CCC(NCCCCCSC)c1ccc(Cl)cc1. The minimum absolute atomic E-state index is 0.461. The average molecular weight is 286 g/mol. The highest BCUT2D eigenvalue weighted by Gasteiger charge is 2.07. The van der Waals surface area contributed by atoms with Gasteiger partial charge in [0.05, 0.1) is 0 Å². The van der Waals surface area contributed by atoms with Crippen LogP contribution in [-0.4, -0.2) is 18.6 Å². The molecule has 0 aliphatic carbocycles. The second-order valence-electron chi connectivity index (χ2n) is 4.52. The Morgan fingerprint density at radius 2 is 1.89 bits per heavy atom. The highest BCUT2D eigenvalue weighted by molar-refractivity contribution is 7.98. The molecule has 1 aromatic rings. The van der Waals surface area contributed by atoms with Gasteiger partial charge < -0.3 is 5.32 Å². The Hall–Kier alpha value is -0.180. The standard InChI is InChI=1S/C15H24ClNS/c1-3-15(13-7-9-14(16)10-8-13)17-11-5-4-6-12-18-2/h7-10,15,17H,3-6,11-12H2,1-2H3. The van der Waals surface area contributed by atoms with E-state index in [0.717, 1.165) is 18.0 Å². The first-order valence-electron chi connectivity index (χ1n) is 6.75. The van der Waals surface area contributed by atoms with Crippen molar-refractivity contribution in [2.45, 2.75) is 38.6 Å². The predicted molar refractivity (Wildman–Crippen MR) is 84.7 cm³/mol. The van der Waals surface area contributed by atoms with Crippen molar-refractivity contribution < 1.29 is 0 Å². The first-order valence-corrected chi connectivity index (χ1v) is 8.53. The van der Waals surface area contributed by atoms with E-state index in [9.17, 15) is 0 Å². The topological polar surface area (TPSA) is 12.0 Å². The van der Waals surface area contributed by atoms with E-state index in [2.05, 4.69) is 30.6 Å². The van der Waals surface area contributed by atoms with Crippen molar-refractivity contribution in [3.05, 3.63) is 34.9 Å². The van der Waals surface area contributed by atoms with Crippen molar-refractivity contribution in [1.29, 1.82) is 0 Å². The molecule has 3 heteroatoms. The summed E-state index contributed by atoms with van der Waals surface area (Å²) in [6.07, 6.45) is 7.22. The molecule has 0 spiro atoms. The average Bonchev–Trinajstić information content (AvgIpc) is 2.39. The van der Waals surface area contributed by atoms with Crippen LogP contribution in [0, 0.1) is 0 Å². The fourth-order valence-electron chi connectivity index (χ4n) is 2.02. The van der Waals surface area contributed by atoms with Crippen molar-refractivity contribution in [2.75, 3.05) is 18.6 Å². The first-order chi connectivity index (χ1) is 8.77. The minimum atomic E-state index is 0.461. The van der Waals surface area contributed by atoms with Gasteiger partial charge in [0, 0.05) is 11.1 Å². The Kier molecular flexibility index (Phi) is 8.57. The zero-order valence-electron chi connectivity index (χ0n) is 11.4. The number of halogens is 1. The maximum atomic E-state index is 5.91. The monoisotopic (exact) mass is 285 g/mol. The van der Waals surface area contributed by atoms with Gasteiger partial charge >= 0.3 is 0 Å². The number of nitrogens with one attached hydrogen (secondary N) is 1. The third kappa shape index (κ3) is 6.12. The Balaban J connectivity index is 2.27. The Morgan fingerprint density at radius 3 is 2.50 bits per heavy atom. The molecule has 0 heterocycles. The van der Waals surface area contributed by atoms with E-state index in [4.69, 9.17) is 11.6 Å². The number of benzene rings is 1. The van der Waals surface area contributed by atoms with E-state index in [1.54, 1.807) is 0 Å². The first kappa shape index (κ1) is 15.9. The van der Waals surface area contributed by atoms with Crippen molar-refractivity contribution in [1.82, 2.24) is 5.32 Å². The van der Waals surface area contributed by atoms with Gasteiger partial charge in [-0.1, -0.05) is 37.1 Å². The second-order valence-corrected chi connectivity index (χ2v) is 5.94. The Bertz CT molecular complexity index is 313. The molecule has 0 aliphatic heterocycles. The molecule has 1 rings (SSSR count). The fourth-order valence-corrected chi connectivity index (χ4v) is 2.64. The number of hydrogen-bond donors (Lipinski definition) is 1. The van der Waals surface area contributed by atoms with Crippen molar-refractivity contribution in [2.24, 2.45) is 0 Å². The van der Waals surface area contributed by atoms with E-state index in [-0.39, 0.29) is 0 Å². The quantitative estimate of drug-likeness (QED) is 0.647. The molecule has 0 bridgehead atoms. The van der Waals surface area contributed by atoms with Gasteiger partial charge in [-0.3, -0.25) is 0 Å². The molecule has 0 saturated heterocycles. The Morgan fingerprint density at radius 1 is 1.17 bits per heavy atom. The summed E-state index contributed by atoms with van der Waals surface area (Å²) >= 11 is 7.85. The van der Waals surface area contributed by atoms with Gasteiger partial charge in [0.2, 0.25) is 0 Å². The van der Waals surface area contributed by atoms with E-state index < -0.39 is 0 Å². The lowest BCUT2D eigenvalue weighted by Gasteiger charge is -2.17. The molecule has 0 aliphatic rings. The van der Waals surface area contributed by atoms with Gasteiger partial charge in [-0.05, 0) is 55.5 Å². The molecule has 0 radical (unpaired) electrons. The molecule has 0 saturated carbocycles. The van der Waals surface area contributed by atoms with Crippen molar-refractivity contribution in [3.8, 4) is 0 Å². The molecule has 1 N–H and O–H groups in total. The van der Waals surface area contributed by atoms with Gasteiger partial charge in [-0.2, -0.15) is 11.8 Å². The summed E-state index contributed by atoms with van der Waals surface area (Å²) in [6.45, 7) is 3.33. The molecule has 1 atom stereocenters. The highest BCUT2D eigenvalue weighted by Crippen LogP contribution is 2.19. The zero-order chi connectivity index (χ0) is 13.2. The van der Waals surface area contributed by atoms with Crippen LogP contribution in [0.4, 0.5) is 0 Å². The molecule has 1 nitrogen and oxygen atoms in total.